The fourth-order valence-electron chi connectivity index (χ4n) is 2.56. The SMILES string of the molecule is O=C(NCc1nncn1CCc1ccccc1)[C@H](O)c1ccc(Cl)cc1. The van der Waals surface area contributed by atoms with Crippen molar-refractivity contribution in [3.8, 4) is 0 Å². The Labute approximate surface area is 156 Å². The van der Waals surface area contributed by atoms with Crippen LogP contribution in [-0.4, -0.2) is 25.8 Å². The second kappa shape index (κ2) is 8.60. The van der Waals surface area contributed by atoms with Gasteiger partial charge in [-0.25, -0.2) is 0 Å². The monoisotopic (exact) mass is 370 g/mol. The van der Waals surface area contributed by atoms with Gasteiger partial charge in [0.15, 0.2) is 11.9 Å². The first kappa shape index (κ1) is 18.1. The molecule has 0 aliphatic heterocycles. The predicted octanol–water partition coefficient (Wildman–Crippen LogP) is 2.52. The lowest BCUT2D eigenvalue weighted by Gasteiger charge is -2.12. The number of amides is 1. The summed E-state index contributed by atoms with van der Waals surface area (Å²) >= 11 is 5.82. The van der Waals surface area contributed by atoms with E-state index in [2.05, 4.69) is 27.6 Å². The molecule has 0 radical (unpaired) electrons. The molecule has 6 nitrogen and oxygen atoms in total. The summed E-state index contributed by atoms with van der Waals surface area (Å²) in [5.74, 6) is 0.141. The van der Waals surface area contributed by atoms with E-state index in [1.807, 2.05) is 22.8 Å². The van der Waals surface area contributed by atoms with Gasteiger partial charge in [0, 0.05) is 11.6 Å². The summed E-state index contributed by atoms with van der Waals surface area (Å²) in [5.41, 5.74) is 1.70. The molecule has 0 saturated heterocycles. The average Bonchev–Trinajstić information content (AvgIpc) is 3.12. The van der Waals surface area contributed by atoms with E-state index in [1.54, 1.807) is 30.6 Å². The van der Waals surface area contributed by atoms with Crippen molar-refractivity contribution in [2.45, 2.75) is 25.6 Å². The third-order valence-electron chi connectivity index (χ3n) is 4.03. The molecule has 1 aromatic heterocycles. The first-order valence-corrected chi connectivity index (χ1v) is 8.63. The molecule has 2 N–H and O–H groups in total. The van der Waals surface area contributed by atoms with Crippen LogP contribution in [0.1, 0.15) is 23.1 Å². The lowest BCUT2D eigenvalue weighted by molar-refractivity contribution is -0.129. The summed E-state index contributed by atoms with van der Waals surface area (Å²) in [7, 11) is 0. The molecule has 0 aliphatic carbocycles. The Morgan fingerprint density at radius 2 is 1.88 bits per heavy atom. The Bertz CT molecular complexity index is 849. The van der Waals surface area contributed by atoms with Gasteiger partial charge in [-0.05, 0) is 29.7 Å². The molecule has 3 aromatic rings. The van der Waals surface area contributed by atoms with Crippen LogP contribution < -0.4 is 5.32 Å². The van der Waals surface area contributed by atoms with Crippen LogP contribution in [0.25, 0.3) is 0 Å². The number of carbonyl (C=O) groups is 1. The highest BCUT2D eigenvalue weighted by atomic mass is 35.5. The van der Waals surface area contributed by atoms with Gasteiger partial charge in [0.25, 0.3) is 5.91 Å². The van der Waals surface area contributed by atoms with E-state index in [9.17, 15) is 9.90 Å². The molecule has 0 bridgehead atoms. The smallest absolute Gasteiger partial charge is 0.253 e. The first-order chi connectivity index (χ1) is 12.6. The molecule has 1 amide bonds. The Morgan fingerprint density at radius 1 is 1.15 bits per heavy atom. The fourth-order valence-corrected chi connectivity index (χ4v) is 2.68. The lowest BCUT2D eigenvalue weighted by atomic mass is 10.1. The average molecular weight is 371 g/mol. The number of aliphatic hydroxyl groups excluding tert-OH is 1. The standard InChI is InChI=1S/C19H19ClN4O2/c20-16-8-6-15(7-9-16)18(25)19(26)21-12-17-23-22-13-24(17)11-10-14-4-2-1-3-5-14/h1-9,13,18,25H,10-12H2,(H,21,26)/t18-/m1/s1. The first-order valence-electron chi connectivity index (χ1n) is 8.25. The minimum absolute atomic E-state index is 0.193. The second-order valence-electron chi connectivity index (χ2n) is 5.85. The van der Waals surface area contributed by atoms with E-state index in [4.69, 9.17) is 11.6 Å². The number of nitrogens with zero attached hydrogens (tertiary/aromatic N) is 3. The number of aromatic nitrogens is 3. The molecule has 1 heterocycles. The molecule has 0 unspecified atom stereocenters. The van der Waals surface area contributed by atoms with E-state index in [0.717, 1.165) is 6.42 Å². The van der Waals surface area contributed by atoms with Crippen LogP contribution in [0.4, 0.5) is 0 Å². The summed E-state index contributed by atoms with van der Waals surface area (Å²) < 4.78 is 1.89. The van der Waals surface area contributed by atoms with Crippen molar-refractivity contribution in [1.29, 1.82) is 0 Å². The van der Waals surface area contributed by atoms with Crippen molar-refractivity contribution >= 4 is 17.5 Å². The molecular formula is C19H19ClN4O2. The normalized spacial score (nSPS) is 11.9. The van der Waals surface area contributed by atoms with Crippen molar-refractivity contribution in [1.82, 2.24) is 20.1 Å². The van der Waals surface area contributed by atoms with E-state index >= 15 is 0 Å². The van der Waals surface area contributed by atoms with Gasteiger partial charge >= 0.3 is 0 Å². The zero-order valence-electron chi connectivity index (χ0n) is 14.0. The molecular weight excluding hydrogens is 352 g/mol. The van der Waals surface area contributed by atoms with Gasteiger partial charge in [0.2, 0.25) is 0 Å². The highest BCUT2D eigenvalue weighted by Gasteiger charge is 2.17. The number of hydrogen-bond donors (Lipinski definition) is 2. The summed E-state index contributed by atoms with van der Waals surface area (Å²) in [5, 5.41) is 21.3. The van der Waals surface area contributed by atoms with Gasteiger partial charge < -0.3 is 15.0 Å². The van der Waals surface area contributed by atoms with Crippen LogP contribution in [0, 0.1) is 0 Å². The third-order valence-corrected chi connectivity index (χ3v) is 4.29. The number of halogens is 1. The Hall–Kier alpha value is -2.70. The molecule has 2 aromatic carbocycles. The number of aliphatic hydroxyl groups is 1. The van der Waals surface area contributed by atoms with Crippen LogP contribution >= 0.6 is 11.6 Å². The minimum Gasteiger partial charge on any atom is -0.378 e. The highest BCUT2D eigenvalue weighted by molar-refractivity contribution is 6.30. The highest BCUT2D eigenvalue weighted by Crippen LogP contribution is 2.16. The largest absolute Gasteiger partial charge is 0.378 e. The van der Waals surface area contributed by atoms with E-state index in [0.29, 0.717) is 23.0 Å². The Balaban J connectivity index is 1.55. The van der Waals surface area contributed by atoms with Gasteiger partial charge in [-0.1, -0.05) is 54.1 Å². The van der Waals surface area contributed by atoms with E-state index in [-0.39, 0.29) is 6.54 Å². The quantitative estimate of drug-likeness (QED) is 0.669. The topological polar surface area (TPSA) is 80.0 Å². The molecule has 0 saturated carbocycles. The van der Waals surface area contributed by atoms with Crippen molar-refractivity contribution in [2.75, 3.05) is 0 Å². The third kappa shape index (κ3) is 4.68. The van der Waals surface area contributed by atoms with Crippen molar-refractivity contribution in [3.05, 3.63) is 82.9 Å². The van der Waals surface area contributed by atoms with Gasteiger partial charge in [0.05, 0.1) is 6.54 Å². The van der Waals surface area contributed by atoms with Crippen molar-refractivity contribution < 1.29 is 9.90 Å². The van der Waals surface area contributed by atoms with Gasteiger partial charge in [-0.2, -0.15) is 0 Å². The number of carbonyl (C=O) groups excluding carboxylic acids is 1. The van der Waals surface area contributed by atoms with Gasteiger partial charge in [-0.3, -0.25) is 4.79 Å². The number of rotatable bonds is 7. The van der Waals surface area contributed by atoms with Crippen LogP contribution in [0.3, 0.4) is 0 Å². The maximum Gasteiger partial charge on any atom is 0.253 e. The van der Waals surface area contributed by atoms with Crippen molar-refractivity contribution in [3.63, 3.8) is 0 Å². The lowest BCUT2D eigenvalue weighted by Crippen LogP contribution is -2.30. The van der Waals surface area contributed by atoms with Gasteiger partial charge in [-0.15, -0.1) is 10.2 Å². The molecule has 7 heteroatoms. The molecule has 134 valence electrons. The summed E-state index contributed by atoms with van der Waals surface area (Å²) in [6, 6.07) is 16.6. The molecule has 0 fully saturated rings. The maximum absolute atomic E-state index is 12.2. The number of aryl methyl sites for hydroxylation is 2. The second-order valence-corrected chi connectivity index (χ2v) is 6.28. The van der Waals surface area contributed by atoms with Gasteiger partial charge in [0.1, 0.15) is 6.33 Å². The predicted molar refractivity (Wildman–Crippen MR) is 98.4 cm³/mol. The maximum atomic E-state index is 12.2. The zero-order valence-corrected chi connectivity index (χ0v) is 14.8. The molecule has 1 atom stereocenters. The summed E-state index contributed by atoms with van der Waals surface area (Å²) in [4.78, 5) is 12.2. The molecule has 0 aliphatic rings. The van der Waals surface area contributed by atoms with Crippen LogP contribution in [0.2, 0.25) is 5.02 Å². The number of benzene rings is 2. The molecule has 3 rings (SSSR count). The van der Waals surface area contributed by atoms with Crippen molar-refractivity contribution in [2.24, 2.45) is 0 Å². The summed E-state index contributed by atoms with van der Waals surface area (Å²) in [6.45, 7) is 0.903. The minimum atomic E-state index is -1.26. The fraction of sp³-hybridized carbons (Fsp3) is 0.211. The van der Waals surface area contributed by atoms with E-state index < -0.39 is 12.0 Å². The van der Waals surface area contributed by atoms with E-state index in [1.165, 1.54) is 5.56 Å². The van der Waals surface area contributed by atoms with Crippen LogP contribution in [-0.2, 0) is 24.3 Å². The zero-order chi connectivity index (χ0) is 18.4. The number of nitrogens with one attached hydrogen (secondary N) is 1. The Kier molecular flexibility index (Phi) is 5.99. The number of hydrogen-bond acceptors (Lipinski definition) is 4. The summed E-state index contributed by atoms with van der Waals surface area (Å²) in [6.07, 6.45) is 1.22. The van der Waals surface area contributed by atoms with Crippen LogP contribution in [0.5, 0.6) is 0 Å². The molecule has 26 heavy (non-hydrogen) atoms. The van der Waals surface area contributed by atoms with Crippen LogP contribution in [0.15, 0.2) is 60.9 Å². The molecule has 0 spiro atoms. The Morgan fingerprint density at radius 3 is 2.62 bits per heavy atom.